The summed E-state index contributed by atoms with van der Waals surface area (Å²) in [7, 11) is 0. The molecule has 0 spiro atoms. The molecule has 0 aromatic heterocycles. The molecule has 1 unspecified atom stereocenters. The minimum absolute atomic E-state index is 0.144. The molecular formula is C25H32N2O6. The number of ether oxygens (including phenoxy) is 1. The van der Waals surface area contributed by atoms with Gasteiger partial charge in [-0.3, -0.25) is 14.4 Å². The third kappa shape index (κ3) is 6.91. The average Bonchev–Trinajstić information content (AvgIpc) is 2.73. The highest BCUT2D eigenvalue weighted by atomic mass is 16.6. The molecule has 1 saturated heterocycles. The first kappa shape index (κ1) is 24.5. The van der Waals surface area contributed by atoms with E-state index >= 15 is 0 Å². The standard InChI is InChI=1S/C25H32N2O6/c1-25(2,3)33-24(32)27-12-10-16(11-13-27)4-9-21(28)26-19-7-8-20-17(14-19)5-6-18(23(20)31)15-22(29)30/h4,7-9,14,16,18H,5-6,10-13,15H2,1-3H3,(H,26,28)(H,29,30). The molecule has 1 aromatic carbocycles. The molecule has 0 saturated carbocycles. The molecule has 2 N–H and O–H groups in total. The molecule has 1 atom stereocenters. The number of hydrogen-bond donors (Lipinski definition) is 2. The van der Waals surface area contributed by atoms with Crippen LogP contribution in [0.5, 0.6) is 0 Å². The second kappa shape index (κ2) is 10.2. The van der Waals surface area contributed by atoms with Gasteiger partial charge in [0, 0.05) is 30.3 Å². The Morgan fingerprint density at radius 2 is 1.88 bits per heavy atom. The zero-order chi connectivity index (χ0) is 24.2. The summed E-state index contributed by atoms with van der Waals surface area (Å²) in [4.78, 5) is 49.7. The quantitative estimate of drug-likeness (QED) is 0.647. The summed E-state index contributed by atoms with van der Waals surface area (Å²) in [5.41, 5.74) is 1.46. The van der Waals surface area contributed by atoms with E-state index in [2.05, 4.69) is 5.32 Å². The number of aliphatic carboxylic acids is 1. The molecule has 0 bridgehead atoms. The molecular weight excluding hydrogens is 424 g/mol. The maximum absolute atomic E-state index is 12.5. The number of allylic oxidation sites excluding steroid dienone is 1. The molecule has 33 heavy (non-hydrogen) atoms. The first-order chi connectivity index (χ1) is 15.5. The van der Waals surface area contributed by atoms with Crippen molar-refractivity contribution in [3.8, 4) is 0 Å². The van der Waals surface area contributed by atoms with Crippen molar-refractivity contribution in [3.05, 3.63) is 41.5 Å². The highest BCUT2D eigenvalue weighted by Gasteiger charge is 2.29. The molecule has 1 aromatic rings. The number of nitrogens with one attached hydrogen (secondary N) is 1. The molecule has 8 nitrogen and oxygen atoms in total. The third-order valence-electron chi connectivity index (χ3n) is 5.90. The Kier molecular flexibility index (Phi) is 7.56. The van der Waals surface area contributed by atoms with Crippen LogP contribution >= 0.6 is 0 Å². The monoisotopic (exact) mass is 456 g/mol. The Balaban J connectivity index is 1.50. The van der Waals surface area contributed by atoms with Crippen LogP contribution in [0.15, 0.2) is 30.4 Å². The number of aryl methyl sites for hydroxylation is 1. The Bertz CT molecular complexity index is 954. The summed E-state index contributed by atoms with van der Waals surface area (Å²) >= 11 is 0. The van der Waals surface area contributed by atoms with Gasteiger partial charge in [-0.05, 0) is 82.2 Å². The van der Waals surface area contributed by atoms with Gasteiger partial charge in [-0.2, -0.15) is 0 Å². The first-order valence-corrected chi connectivity index (χ1v) is 11.4. The van der Waals surface area contributed by atoms with Gasteiger partial charge in [-0.15, -0.1) is 0 Å². The van der Waals surface area contributed by atoms with Crippen molar-refractivity contribution in [3.63, 3.8) is 0 Å². The third-order valence-corrected chi connectivity index (χ3v) is 5.90. The number of ketones is 1. The fourth-order valence-electron chi connectivity index (χ4n) is 4.21. The average molecular weight is 457 g/mol. The lowest BCUT2D eigenvalue weighted by atomic mass is 9.81. The van der Waals surface area contributed by atoms with Crippen LogP contribution in [0.25, 0.3) is 0 Å². The number of carbonyl (C=O) groups excluding carboxylic acids is 3. The van der Waals surface area contributed by atoms with Crippen molar-refractivity contribution in [1.82, 2.24) is 4.90 Å². The number of carboxylic acids is 1. The molecule has 3 rings (SSSR count). The van der Waals surface area contributed by atoms with Gasteiger partial charge >= 0.3 is 12.1 Å². The maximum Gasteiger partial charge on any atom is 0.410 e. The molecule has 1 aliphatic heterocycles. The van der Waals surface area contributed by atoms with Crippen LogP contribution in [-0.4, -0.2) is 52.4 Å². The van der Waals surface area contributed by atoms with Crippen LogP contribution in [0.2, 0.25) is 0 Å². The van der Waals surface area contributed by atoms with Crippen LogP contribution in [0.3, 0.4) is 0 Å². The number of rotatable bonds is 5. The van der Waals surface area contributed by atoms with E-state index in [1.165, 1.54) is 6.08 Å². The first-order valence-electron chi connectivity index (χ1n) is 11.4. The summed E-state index contributed by atoms with van der Waals surface area (Å²) in [5, 5.41) is 11.8. The number of benzene rings is 1. The largest absolute Gasteiger partial charge is 0.481 e. The van der Waals surface area contributed by atoms with Crippen molar-refractivity contribution < 1.29 is 29.0 Å². The number of hydrogen-bond acceptors (Lipinski definition) is 5. The molecule has 0 radical (unpaired) electrons. The maximum atomic E-state index is 12.5. The number of anilines is 1. The Morgan fingerprint density at radius 1 is 1.18 bits per heavy atom. The van der Waals surface area contributed by atoms with Crippen LogP contribution in [-0.2, 0) is 20.7 Å². The van der Waals surface area contributed by atoms with Gasteiger partial charge in [0.25, 0.3) is 0 Å². The predicted octanol–water partition coefficient (Wildman–Crippen LogP) is 4.05. The van der Waals surface area contributed by atoms with Gasteiger partial charge in [0.05, 0.1) is 6.42 Å². The van der Waals surface area contributed by atoms with Gasteiger partial charge in [-0.25, -0.2) is 4.79 Å². The van der Waals surface area contributed by atoms with E-state index in [-0.39, 0.29) is 30.1 Å². The van der Waals surface area contributed by atoms with Crippen molar-refractivity contribution >= 4 is 29.4 Å². The number of carboxylic acid groups (broad SMARTS) is 1. The van der Waals surface area contributed by atoms with Crippen molar-refractivity contribution in [2.75, 3.05) is 18.4 Å². The van der Waals surface area contributed by atoms with E-state index in [1.54, 1.807) is 23.1 Å². The fraction of sp³-hybridized carbons (Fsp3) is 0.520. The lowest BCUT2D eigenvalue weighted by Gasteiger charge is -2.32. The molecule has 178 valence electrons. The predicted molar refractivity (Wildman–Crippen MR) is 123 cm³/mol. The topological polar surface area (TPSA) is 113 Å². The second-order valence-electron chi connectivity index (χ2n) is 9.72. The number of likely N-dealkylation sites (tertiary alicyclic amines) is 1. The van der Waals surface area contributed by atoms with Crippen molar-refractivity contribution in [1.29, 1.82) is 0 Å². The molecule has 1 fully saturated rings. The SMILES string of the molecule is CC(C)(C)OC(=O)N1CCC(C=CC(=O)Nc2ccc3c(c2)CCC(CC(=O)O)C3=O)CC1. The molecule has 8 heteroatoms. The van der Waals surface area contributed by atoms with E-state index in [0.717, 1.165) is 18.4 Å². The molecule has 2 aliphatic rings. The van der Waals surface area contributed by atoms with Crippen LogP contribution in [0.1, 0.15) is 62.4 Å². The van der Waals surface area contributed by atoms with E-state index in [1.807, 2.05) is 26.8 Å². The second-order valence-corrected chi connectivity index (χ2v) is 9.72. The van der Waals surface area contributed by atoms with Crippen LogP contribution in [0, 0.1) is 11.8 Å². The number of nitrogens with zero attached hydrogens (tertiary/aromatic N) is 1. The van der Waals surface area contributed by atoms with Gasteiger partial charge < -0.3 is 20.1 Å². The number of amides is 2. The zero-order valence-corrected chi connectivity index (χ0v) is 19.4. The normalized spacial score (nSPS) is 19.3. The van der Waals surface area contributed by atoms with Crippen LogP contribution in [0.4, 0.5) is 10.5 Å². The summed E-state index contributed by atoms with van der Waals surface area (Å²) < 4.78 is 5.40. The number of piperidine rings is 1. The van der Waals surface area contributed by atoms with Crippen LogP contribution < -0.4 is 5.32 Å². The Labute approximate surface area is 194 Å². The van der Waals surface area contributed by atoms with Crippen molar-refractivity contribution in [2.45, 2.75) is 58.5 Å². The Morgan fingerprint density at radius 3 is 2.52 bits per heavy atom. The minimum atomic E-state index is -0.969. The lowest BCUT2D eigenvalue weighted by molar-refractivity contribution is -0.137. The van der Waals surface area contributed by atoms with Gasteiger partial charge in [0.1, 0.15) is 5.60 Å². The number of fused-ring (bicyclic) bond motifs is 1. The smallest absolute Gasteiger partial charge is 0.410 e. The van der Waals surface area contributed by atoms with E-state index in [4.69, 9.17) is 9.84 Å². The van der Waals surface area contributed by atoms with E-state index in [0.29, 0.717) is 37.2 Å². The highest BCUT2D eigenvalue weighted by molar-refractivity contribution is 6.03. The molecule has 2 amide bonds. The summed E-state index contributed by atoms with van der Waals surface area (Å²) in [6, 6.07) is 5.12. The summed E-state index contributed by atoms with van der Waals surface area (Å²) in [6.45, 7) is 6.71. The number of Topliss-reactive ketones (excluding diaryl/α,β-unsaturated/α-hetero) is 1. The molecule has 1 aliphatic carbocycles. The summed E-state index contributed by atoms with van der Waals surface area (Å²) in [5.74, 6) is -1.64. The van der Waals surface area contributed by atoms with Gasteiger partial charge in [0.2, 0.25) is 5.91 Å². The van der Waals surface area contributed by atoms with Gasteiger partial charge in [-0.1, -0.05) is 6.08 Å². The zero-order valence-electron chi connectivity index (χ0n) is 19.4. The van der Waals surface area contributed by atoms with E-state index in [9.17, 15) is 19.2 Å². The van der Waals surface area contributed by atoms with Gasteiger partial charge in [0.15, 0.2) is 5.78 Å². The number of carbonyl (C=O) groups is 4. The minimum Gasteiger partial charge on any atom is -0.481 e. The van der Waals surface area contributed by atoms with Crippen molar-refractivity contribution in [2.24, 2.45) is 11.8 Å². The molecule has 1 heterocycles. The highest BCUT2D eigenvalue weighted by Crippen LogP contribution is 2.29. The lowest BCUT2D eigenvalue weighted by Crippen LogP contribution is -2.41. The van der Waals surface area contributed by atoms with E-state index < -0.39 is 17.5 Å². The fourth-order valence-corrected chi connectivity index (χ4v) is 4.21. The summed E-state index contributed by atoms with van der Waals surface area (Å²) in [6.07, 6.45) is 5.57. The Hall–Kier alpha value is -3.16.